The van der Waals surface area contributed by atoms with Crippen LogP contribution in [0.5, 0.6) is 0 Å². The van der Waals surface area contributed by atoms with Crippen molar-refractivity contribution in [1.82, 2.24) is 0 Å². The molecule has 0 aromatic heterocycles. The molecule has 0 N–H and O–H groups in total. The van der Waals surface area contributed by atoms with Gasteiger partial charge in [-0.3, -0.25) is 4.79 Å². The Hall–Kier alpha value is -0.700. The van der Waals surface area contributed by atoms with E-state index in [2.05, 4.69) is 15.9 Å². The topological polar surface area (TPSA) is 17.1 Å². The Morgan fingerprint density at radius 3 is 2.38 bits per heavy atom. The molecule has 88 valence electrons. The molecule has 0 heterocycles. The van der Waals surface area contributed by atoms with Gasteiger partial charge in [0, 0.05) is 6.42 Å². The van der Waals surface area contributed by atoms with Crippen LogP contribution >= 0.6 is 15.9 Å². The summed E-state index contributed by atoms with van der Waals surface area (Å²) < 4.78 is 14.1. The zero-order chi connectivity index (χ0) is 12.5. The maximum absolute atomic E-state index is 13.7. The largest absolute Gasteiger partial charge is 0.294 e. The predicted molar refractivity (Wildman–Crippen MR) is 67.4 cm³/mol. The molecule has 1 nitrogen and oxygen atoms in total. The van der Waals surface area contributed by atoms with Crippen molar-refractivity contribution in [3.63, 3.8) is 0 Å². The molecule has 0 fully saturated rings. The molecular formula is C13H16BrFO. The summed E-state index contributed by atoms with van der Waals surface area (Å²) in [6.07, 6.45) is 0.316. The highest BCUT2D eigenvalue weighted by Crippen LogP contribution is 2.29. The lowest BCUT2D eigenvalue weighted by molar-refractivity contribution is 0.0984. The van der Waals surface area contributed by atoms with Gasteiger partial charge in [-0.05, 0) is 39.0 Å². The fraction of sp³-hybridized carbons (Fsp3) is 0.462. The Labute approximate surface area is 104 Å². The highest BCUT2D eigenvalue weighted by atomic mass is 79.9. The van der Waals surface area contributed by atoms with Crippen LogP contribution in [0.25, 0.3) is 0 Å². The summed E-state index contributed by atoms with van der Waals surface area (Å²) >= 11 is 3.16. The van der Waals surface area contributed by atoms with Crippen molar-refractivity contribution in [3.05, 3.63) is 33.5 Å². The quantitative estimate of drug-likeness (QED) is 0.733. The number of carbonyl (C=O) groups is 1. The first-order valence-corrected chi connectivity index (χ1v) is 6.09. The summed E-state index contributed by atoms with van der Waals surface area (Å²) in [7, 11) is 0. The van der Waals surface area contributed by atoms with Gasteiger partial charge in [-0.25, -0.2) is 4.39 Å². The van der Waals surface area contributed by atoms with Crippen LogP contribution in [0.2, 0.25) is 0 Å². The maximum Gasteiger partial charge on any atom is 0.165 e. The first-order valence-electron chi connectivity index (χ1n) is 5.30. The third kappa shape index (κ3) is 2.70. The van der Waals surface area contributed by atoms with Crippen LogP contribution < -0.4 is 0 Å². The number of hydrogen-bond acceptors (Lipinski definition) is 1. The molecule has 0 saturated carbocycles. The molecule has 0 aliphatic heterocycles. The number of halogens is 2. The third-order valence-corrected chi connectivity index (χ3v) is 3.09. The first kappa shape index (κ1) is 13.4. The van der Waals surface area contributed by atoms with Gasteiger partial charge in [0.2, 0.25) is 0 Å². The summed E-state index contributed by atoms with van der Waals surface area (Å²) in [4.78, 5) is 11.6. The average Bonchev–Trinajstić information content (AvgIpc) is 2.19. The maximum atomic E-state index is 13.7. The van der Waals surface area contributed by atoms with Gasteiger partial charge < -0.3 is 0 Å². The van der Waals surface area contributed by atoms with Crippen molar-refractivity contribution in [2.75, 3.05) is 0 Å². The molecule has 0 aliphatic carbocycles. The molecule has 16 heavy (non-hydrogen) atoms. The molecule has 0 unspecified atom stereocenters. The van der Waals surface area contributed by atoms with Crippen LogP contribution in [0.15, 0.2) is 16.6 Å². The van der Waals surface area contributed by atoms with Crippen LogP contribution in [0.3, 0.4) is 0 Å². The minimum atomic E-state index is -0.458. The van der Waals surface area contributed by atoms with Crippen LogP contribution in [-0.4, -0.2) is 5.78 Å². The standard InChI is InChI=1S/C13H16BrFO/c1-5-11(16)9-6-8(13(2,3)4)7-10(14)12(9)15/h6-7H,5H2,1-4H3. The molecular weight excluding hydrogens is 271 g/mol. The van der Waals surface area contributed by atoms with Crippen LogP contribution in [-0.2, 0) is 5.41 Å². The fourth-order valence-electron chi connectivity index (χ4n) is 1.42. The van der Waals surface area contributed by atoms with Gasteiger partial charge in [-0.1, -0.05) is 27.7 Å². The molecule has 0 amide bonds. The van der Waals surface area contributed by atoms with Gasteiger partial charge in [0.05, 0.1) is 10.0 Å². The summed E-state index contributed by atoms with van der Waals surface area (Å²) in [5.41, 5.74) is 1.04. The molecule has 0 saturated heterocycles. The second kappa shape index (κ2) is 4.66. The zero-order valence-corrected chi connectivity index (χ0v) is 11.6. The molecule has 3 heteroatoms. The molecule has 1 aromatic carbocycles. The number of benzene rings is 1. The second-order valence-electron chi connectivity index (χ2n) is 4.85. The Morgan fingerprint density at radius 2 is 1.94 bits per heavy atom. The predicted octanol–water partition coefficient (Wildman–Crippen LogP) is 4.48. The molecule has 0 spiro atoms. The summed E-state index contributed by atoms with van der Waals surface area (Å²) in [6, 6.07) is 3.40. The smallest absolute Gasteiger partial charge is 0.165 e. The van der Waals surface area contributed by atoms with Gasteiger partial charge in [0.1, 0.15) is 5.82 Å². The Morgan fingerprint density at radius 1 is 1.38 bits per heavy atom. The third-order valence-electron chi connectivity index (χ3n) is 2.52. The molecule has 0 atom stereocenters. The highest BCUT2D eigenvalue weighted by molar-refractivity contribution is 9.10. The highest BCUT2D eigenvalue weighted by Gasteiger charge is 2.20. The average molecular weight is 287 g/mol. The van der Waals surface area contributed by atoms with E-state index in [0.29, 0.717) is 10.9 Å². The van der Waals surface area contributed by atoms with Gasteiger partial charge in [0.15, 0.2) is 5.78 Å². The van der Waals surface area contributed by atoms with Crippen LogP contribution in [0.1, 0.15) is 50.0 Å². The zero-order valence-electron chi connectivity index (χ0n) is 10.0. The summed E-state index contributed by atoms with van der Waals surface area (Å²) in [6.45, 7) is 7.84. The Balaban J connectivity index is 3.39. The SMILES string of the molecule is CCC(=O)c1cc(C(C)(C)C)cc(Br)c1F. The van der Waals surface area contributed by atoms with Crippen LogP contribution in [0, 0.1) is 5.82 Å². The minimum absolute atomic E-state index is 0.0982. The molecule has 0 bridgehead atoms. The number of carbonyl (C=O) groups excluding carboxylic acids is 1. The summed E-state index contributed by atoms with van der Waals surface area (Å²) in [5.74, 6) is -0.621. The van der Waals surface area contributed by atoms with Crippen molar-refractivity contribution >= 4 is 21.7 Å². The van der Waals surface area contributed by atoms with Gasteiger partial charge in [-0.15, -0.1) is 0 Å². The van der Waals surface area contributed by atoms with Crippen molar-refractivity contribution in [3.8, 4) is 0 Å². The number of ketones is 1. The van der Waals surface area contributed by atoms with E-state index in [9.17, 15) is 9.18 Å². The van der Waals surface area contributed by atoms with E-state index in [1.807, 2.05) is 20.8 Å². The number of Topliss-reactive ketones (excluding diaryl/α,β-unsaturated/α-hetero) is 1. The van der Waals surface area contributed by atoms with E-state index in [-0.39, 0.29) is 16.8 Å². The Bertz CT molecular complexity index is 419. The number of rotatable bonds is 2. The van der Waals surface area contributed by atoms with Crippen molar-refractivity contribution in [1.29, 1.82) is 0 Å². The minimum Gasteiger partial charge on any atom is -0.294 e. The van der Waals surface area contributed by atoms with Crippen molar-refractivity contribution < 1.29 is 9.18 Å². The van der Waals surface area contributed by atoms with E-state index < -0.39 is 5.82 Å². The van der Waals surface area contributed by atoms with E-state index >= 15 is 0 Å². The van der Waals surface area contributed by atoms with Crippen molar-refractivity contribution in [2.45, 2.75) is 39.5 Å². The second-order valence-corrected chi connectivity index (χ2v) is 5.70. The normalized spacial score (nSPS) is 11.6. The van der Waals surface area contributed by atoms with Gasteiger partial charge >= 0.3 is 0 Å². The molecule has 1 aromatic rings. The Kier molecular flexibility index (Phi) is 3.89. The monoisotopic (exact) mass is 286 g/mol. The van der Waals surface area contributed by atoms with Crippen LogP contribution in [0.4, 0.5) is 4.39 Å². The van der Waals surface area contributed by atoms with Gasteiger partial charge in [0.25, 0.3) is 0 Å². The lowest BCUT2D eigenvalue weighted by Gasteiger charge is -2.20. The number of hydrogen-bond donors (Lipinski definition) is 0. The fourth-order valence-corrected chi connectivity index (χ4v) is 1.88. The van der Waals surface area contributed by atoms with E-state index in [1.165, 1.54) is 0 Å². The first-order chi connectivity index (χ1) is 7.27. The van der Waals surface area contributed by atoms with E-state index in [1.54, 1.807) is 19.1 Å². The van der Waals surface area contributed by atoms with E-state index in [4.69, 9.17) is 0 Å². The lowest BCUT2D eigenvalue weighted by Crippen LogP contribution is -2.13. The van der Waals surface area contributed by atoms with Crippen molar-refractivity contribution in [2.24, 2.45) is 0 Å². The molecule has 1 rings (SSSR count). The summed E-state index contributed by atoms with van der Waals surface area (Å²) in [5, 5.41) is 0. The molecule has 0 aliphatic rings. The van der Waals surface area contributed by atoms with E-state index in [0.717, 1.165) is 5.56 Å². The van der Waals surface area contributed by atoms with Gasteiger partial charge in [-0.2, -0.15) is 0 Å². The molecule has 0 radical (unpaired) electrons. The lowest BCUT2D eigenvalue weighted by atomic mass is 9.85.